The van der Waals surface area contributed by atoms with Crippen LogP contribution in [-0.2, 0) is 0 Å². The van der Waals surface area contributed by atoms with Gasteiger partial charge in [0.15, 0.2) is 0 Å². The highest BCUT2D eigenvalue weighted by Gasteiger charge is 2.26. The Kier molecular flexibility index (Phi) is 2.70. The quantitative estimate of drug-likeness (QED) is 0.384. The molecule has 0 amide bonds. The molecule has 1 aliphatic carbocycles. The van der Waals surface area contributed by atoms with Crippen LogP contribution >= 0.6 is 0 Å². The molecule has 5 N–H and O–H groups in total. The molecule has 0 heterocycles. The first kappa shape index (κ1) is 9.49. The molecule has 0 aliphatic heterocycles. The SMILES string of the molecule is NNC(CC1CC1)c1ccccc1N. The largest absolute Gasteiger partial charge is 0.398 e. The Morgan fingerprint density at radius 2 is 2.07 bits per heavy atom. The lowest BCUT2D eigenvalue weighted by atomic mass is 10.0. The molecule has 1 aliphatic rings. The van der Waals surface area contributed by atoms with Crippen molar-refractivity contribution in [2.45, 2.75) is 25.3 Å². The molecule has 1 unspecified atom stereocenters. The number of nitrogens with one attached hydrogen (secondary N) is 1. The van der Waals surface area contributed by atoms with Crippen molar-refractivity contribution in [3.63, 3.8) is 0 Å². The van der Waals surface area contributed by atoms with E-state index in [0.717, 1.165) is 23.6 Å². The predicted octanol–water partition coefficient (Wildman–Crippen LogP) is 1.57. The van der Waals surface area contributed by atoms with Crippen molar-refractivity contribution < 1.29 is 0 Å². The molecule has 76 valence electrons. The van der Waals surface area contributed by atoms with Crippen LogP contribution in [0.4, 0.5) is 5.69 Å². The van der Waals surface area contributed by atoms with Crippen molar-refractivity contribution in [2.24, 2.45) is 11.8 Å². The van der Waals surface area contributed by atoms with Gasteiger partial charge in [-0.25, -0.2) is 0 Å². The third kappa shape index (κ3) is 2.05. The third-order valence-electron chi connectivity index (χ3n) is 2.84. The summed E-state index contributed by atoms with van der Waals surface area (Å²) in [4.78, 5) is 0. The number of nitrogen functional groups attached to an aromatic ring is 1. The monoisotopic (exact) mass is 191 g/mol. The second-order valence-corrected chi connectivity index (χ2v) is 4.03. The predicted molar refractivity (Wildman–Crippen MR) is 58.3 cm³/mol. The molecule has 0 saturated heterocycles. The van der Waals surface area contributed by atoms with Gasteiger partial charge in [-0.1, -0.05) is 31.0 Å². The van der Waals surface area contributed by atoms with Gasteiger partial charge in [-0.3, -0.25) is 11.3 Å². The molecule has 0 radical (unpaired) electrons. The minimum absolute atomic E-state index is 0.212. The van der Waals surface area contributed by atoms with E-state index in [1.807, 2.05) is 24.3 Å². The lowest BCUT2D eigenvalue weighted by molar-refractivity contribution is 0.488. The summed E-state index contributed by atoms with van der Waals surface area (Å²) in [6.07, 6.45) is 3.78. The second-order valence-electron chi connectivity index (χ2n) is 4.03. The number of hydrogen-bond donors (Lipinski definition) is 3. The van der Waals surface area contributed by atoms with E-state index < -0.39 is 0 Å². The summed E-state index contributed by atoms with van der Waals surface area (Å²) in [5, 5.41) is 0. The highest BCUT2D eigenvalue weighted by Crippen LogP contribution is 2.38. The highest BCUT2D eigenvalue weighted by atomic mass is 15.2. The Bertz CT molecular complexity index is 307. The van der Waals surface area contributed by atoms with Crippen LogP contribution in [0.25, 0.3) is 0 Å². The second kappa shape index (κ2) is 3.98. The zero-order valence-electron chi connectivity index (χ0n) is 8.24. The van der Waals surface area contributed by atoms with Crippen molar-refractivity contribution in [3.05, 3.63) is 29.8 Å². The van der Waals surface area contributed by atoms with Crippen LogP contribution in [0.15, 0.2) is 24.3 Å². The molecule has 0 spiro atoms. The van der Waals surface area contributed by atoms with E-state index in [2.05, 4.69) is 5.43 Å². The minimum atomic E-state index is 0.212. The first-order valence-electron chi connectivity index (χ1n) is 5.12. The zero-order valence-corrected chi connectivity index (χ0v) is 8.24. The van der Waals surface area contributed by atoms with E-state index >= 15 is 0 Å². The Balaban J connectivity index is 2.12. The Labute approximate surface area is 84.5 Å². The maximum absolute atomic E-state index is 5.90. The van der Waals surface area contributed by atoms with Crippen LogP contribution in [0.2, 0.25) is 0 Å². The third-order valence-corrected chi connectivity index (χ3v) is 2.84. The van der Waals surface area contributed by atoms with Gasteiger partial charge in [0.25, 0.3) is 0 Å². The summed E-state index contributed by atoms with van der Waals surface area (Å²) in [5.41, 5.74) is 10.7. The summed E-state index contributed by atoms with van der Waals surface area (Å²) in [7, 11) is 0. The summed E-state index contributed by atoms with van der Waals surface area (Å²) >= 11 is 0. The van der Waals surface area contributed by atoms with Gasteiger partial charge < -0.3 is 5.73 Å². The maximum atomic E-state index is 5.90. The fraction of sp³-hybridized carbons (Fsp3) is 0.455. The molecule has 0 bridgehead atoms. The van der Waals surface area contributed by atoms with Crippen molar-refractivity contribution in [1.82, 2.24) is 5.43 Å². The normalized spacial score (nSPS) is 18.1. The molecule has 0 aromatic heterocycles. The van der Waals surface area contributed by atoms with Gasteiger partial charge >= 0.3 is 0 Å². The van der Waals surface area contributed by atoms with Crippen LogP contribution in [0.5, 0.6) is 0 Å². The zero-order chi connectivity index (χ0) is 9.97. The first-order chi connectivity index (χ1) is 6.81. The lowest BCUT2D eigenvalue weighted by Crippen LogP contribution is -2.29. The molecular weight excluding hydrogens is 174 g/mol. The van der Waals surface area contributed by atoms with Gasteiger partial charge in [0.05, 0.1) is 0 Å². The van der Waals surface area contributed by atoms with Gasteiger partial charge in [-0.15, -0.1) is 0 Å². The van der Waals surface area contributed by atoms with E-state index in [9.17, 15) is 0 Å². The molecule has 1 aromatic carbocycles. The van der Waals surface area contributed by atoms with Crippen molar-refractivity contribution in [3.8, 4) is 0 Å². The fourth-order valence-electron chi connectivity index (χ4n) is 1.80. The van der Waals surface area contributed by atoms with E-state index in [4.69, 9.17) is 11.6 Å². The van der Waals surface area contributed by atoms with Crippen LogP contribution in [0.1, 0.15) is 30.9 Å². The van der Waals surface area contributed by atoms with Gasteiger partial charge in [0, 0.05) is 11.7 Å². The van der Waals surface area contributed by atoms with Gasteiger partial charge in [-0.05, 0) is 24.0 Å². The lowest BCUT2D eigenvalue weighted by Gasteiger charge is -2.17. The fourth-order valence-corrected chi connectivity index (χ4v) is 1.80. The molecule has 1 saturated carbocycles. The van der Waals surface area contributed by atoms with Crippen molar-refractivity contribution in [2.75, 3.05) is 5.73 Å². The number of nitrogens with two attached hydrogens (primary N) is 2. The summed E-state index contributed by atoms with van der Waals surface area (Å²) in [5.74, 6) is 6.39. The van der Waals surface area contributed by atoms with Gasteiger partial charge in [0.1, 0.15) is 0 Å². The van der Waals surface area contributed by atoms with Gasteiger partial charge in [0.2, 0.25) is 0 Å². The topological polar surface area (TPSA) is 64.1 Å². The van der Waals surface area contributed by atoms with Crippen molar-refractivity contribution in [1.29, 1.82) is 0 Å². The van der Waals surface area contributed by atoms with Crippen LogP contribution in [-0.4, -0.2) is 0 Å². The average molecular weight is 191 g/mol. The van der Waals surface area contributed by atoms with Gasteiger partial charge in [-0.2, -0.15) is 0 Å². The Morgan fingerprint density at radius 1 is 1.36 bits per heavy atom. The number of anilines is 1. The highest BCUT2D eigenvalue weighted by molar-refractivity contribution is 5.48. The van der Waals surface area contributed by atoms with E-state index in [1.165, 1.54) is 12.8 Å². The molecule has 1 atom stereocenters. The standard InChI is InChI=1S/C11H17N3/c12-10-4-2-1-3-9(10)11(14-13)7-8-5-6-8/h1-4,8,11,14H,5-7,12-13H2. The van der Waals surface area contributed by atoms with Crippen LogP contribution in [0.3, 0.4) is 0 Å². The number of hydrogen-bond acceptors (Lipinski definition) is 3. The molecule has 3 heteroatoms. The first-order valence-corrected chi connectivity index (χ1v) is 5.12. The van der Waals surface area contributed by atoms with Crippen LogP contribution < -0.4 is 17.0 Å². The average Bonchev–Trinajstić information content (AvgIpc) is 2.99. The van der Waals surface area contributed by atoms with Crippen molar-refractivity contribution >= 4 is 5.69 Å². The molecule has 1 aromatic rings. The number of rotatable bonds is 4. The molecular formula is C11H17N3. The maximum Gasteiger partial charge on any atom is 0.0482 e. The smallest absolute Gasteiger partial charge is 0.0482 e. The number of hydrazine groups is 1. The van der Waals surface area contributed by atoms with Crippen LogP contribution in [0, 0.1) is 5.92 Å². The Morgan fingerprint density at radius 3 is 2.64 bits per heavy atom. The van der Waals surface area contributed by atoms with E-state index in [-0.39, 0.29) is 6.04 Å². The number of benzene rings is 1. The number of para-hydroxylation sites is 1. The summed E-state index contributed by atoms with van der Waals surface area (Å²) < 4.78 is 0. The van der Waals surface area contributed by atoms with E-state index in [1.54, 1.807) is 0 Å². The molecule has 1 fully saturated rings. The molecule has 14 heavy (non-hydrogen) atoms. The molecule has 2 rings (SSSR count). The summed E-state index contributed by atoms with van der Waals surface area (Å²) in [6.45, 7) is 0. The minimum Gasteiger partial charge on any atom is -0.398 e. The summed E-state index contributed by atoms with van der Waals surface area (Å²) in [6, 6.07) is 8.13. The Hall–Kier alpha value is -1.06. The molecule has 3 nitrogen and oxygen atoms in total. The van der Waals surface area contributed by atoms with E-state index in [0.29, 0.717) is 0 Å².